The molecule has 1 saturated heterocycles. The van der Waals surface area contributed by atoms with Gasteiger partial charge in [0.2, 0.25) is 5.95 Å². The maximum Gasteiger partial charge on any atom is 0.332 e. The van der Waals surface area contributed by atoms with Gasteiger partial charge in [-0.3, -0.25) is 13.9 Å². The minimum Gasteiger partial charge on any atom is -0.491 e. The summed E-state index contributed by atoms with van der Waals surface area (Å²) in [4.78, 5) is 32.2. The van der Waals surface area contributed by atoms with Gasteiger partial charge >= 0.3 is 5.69 Å². The molecule has 1 fully saturated rings. The van der Waals surface area contributed by atoms with Crippen LogP contribution in [0.3, 0.4) is 0 Å². The predicted molar refractivity (Wildman–Crippen MR) is 124 cm³/mol. The molecule has 9 nitrogen and oxygen atoms in total. The average Bonchev–Trinajstić information content (AvgIpc) is 3.20. The smallest absolute Gasteiger partial charge is 0.332 e. The first kappa shape index (κ1) is 22.1. The first-order valence-electron chi connectivity index (χ1n) is 11.2. The normalized spacial score (nSPS) is 15.3. The van der Waals surface area contributed by atoms with Gasteiger partial charge in [-0.2, -0.15) is 4.98 Å². The van der Waals surface area contributed by atoms with E-state index in [4.69, 9.17) is 4.74 Å². The molecule has 1 unspecified atom stereocenters. The number of aliphatic hydroxyl groups is 1. The van der Waals surface area contributed by atoms with Crippen LogP contribution in [0, 0.1) is 0 Å². The van der Waals surface area contributed by atoms with Crippen molar-refractivity contribution in [2.24, 2.45) is 14.1 Å². The van der Waals surface area contributed by atoms with Crippen LogP contribution in [0.5, 0.6) is 5.75 Å². The van der Waals surface area contributed by atoms with Crippen molar-refractivity contribution in [3.63, 3.8) is 0 Å². The molecular weight excluding hydrogens is 410 g/mol. The van der Waals surface area contributed by atoms with E-state index in [1.54, 1.807) is 11.6 Å². The summed E-state index contributed by atoms with van der Waals surface area (Å²) >= 11 is 0. The number of nitrogens with zero attached hydrogens (tertiary/aromatic N) is 5. The highest BCUT2D eigenvalue weighted by atomic mass is 16.5. The fraction of sp³-hybridized carbons (Fsp3) is 0.522. The highest BCUT2D eigenvalue weighted by Gasteiger charge is 2.25. The van der Waals surface area contributed by atoms with Crippen LogP contribution >= 0.6 is 0 Å². The molecule has 1 aliphatic heterocycles. The molecule has 1 aromatic carbocycles. The molecule has 2 aromatic heterocycles. The lowest BCUT2D eigenvalue weighted by Gasteiger charge is -2.28. The molecule has 0 amide bonds. The van der Waals surface area contributed by atoms with Crippen LogP contribution in [0.2, 0.25) is 0 Å². The molecule has 0 radical (unpaired) electrons. The van der Waals surface area contributed by atoms with E-state index in [1.165, 1.54) is 11.6 Å². The molecule has 0 bridgehead atoms. The summed E-state index contributed by atoms with van der Waals surface area (Å²) < 4.78 is 10.0. The number of aliphatic hydroxyl groups excluding tert-OH is 1. The molecule has 4 rings (SSSR count). The second-order valence-electron chi connectivity index (χ2n) is 8.41. The maximum absolute atomic E-state index is 13.0. The number of aromatic nitrogens is 4. The number of fused-ring (bicyclic) bond motifs is 1. The van der Waals surface area contributed by atoms with Gasteiger partial charge in [0.25, 0.3) is 5.56 Å². The van der Waals surface area contributed by atoms with Crippen LogP contribution in [-0.2, 0) is 27.1 Å². The number of anilines is 1. The van der Waals surface area contributed by atoms with Crippen molar-refractivity contribution in [3.8, 4) is 5.75 Å². The Bertz CT molecular complexity index is 1220. The molecule has 3 aromatic rings. The van der Waals surface area contributed by atoms with Gasteiger partial charge in [0.05, 0.1) is 6.54 Å². The number of benzene rings is 1. The van der Waals surface area contributed by atoms with Crippen molar-refractivity contribution in [2.45, 2.75) is 45.3 Å². The van der Waals surface area contributed by atoms with E-state index < -0.39 is 17.4 Å². The molecule has 0 aliphatic carbocycles. The number of hydrogen-bond acceptors (Lipinski definition) is 6. The highest BCUT2D eigenvalue weighted by molar-refractivity contribution is 5.74. The first-order valence-corrected chi connectivity index (χ1v) is 11.2. The topological polar surface area (TPSA) is 94.5 Å². The highest BCUT2D eigenvalue weighted by Crippen LogP contribution is 2.24. The summed E-state index contributed by atoms with van der Waals surface area (Å²) in [6.45, 7) is 3.96. The monoisotopic (exact) mass is 441 g/mol. The Morgan fingerprint density at radius 3 is 2.59 bits per heavy atom. The zero-order valence-electron chi connectivity index (χ0n) is 19.0. The van der Waals surface area contributed by atoms with Crippen molar-refractivity contribution in [3.05, 3.63) is 50.7 Å². The third-order valence-electron chi connectivity index (χ3n) is 6.11. The SMILES string of the molecule is CCc1cccc(OCC(O)Cn2c(N3CCCCC3)nc3c2c(=O)n(C)c(=O)n3C)c1. The van der Waals surface area contributed by atoms with Crippen molar-refractivity contribution >= 4 is 17.1 Å². The van der Waals surface area contributed by atoms with Crippen LogP contribution < -0.4 is 20.9 Å². The molecular formula is C23H31N5O4. The van der Waals surface area contributed by atoms with Crippen LogP contribution in [0.15, 0.2) is 33.9 Å². The zero-order chi connectivity index (χ0) is 22.8. The van der Waals surface area contributed by atoms with Crippen molar-refractivity contribution in [2.75, 3.05) is 24.6 Å². The number of piperidine rings is 1. The fourth-order valence-electron chi connectivity index (χ4n) is 4.25. The largest absolute Gasteiger partial charge is 0.491 e. The van der Waals surface area contributed by atoms with Gasteiger partial charge in [-0.15, -0.1) is 0 Å². The molecule has 0 saturated carbocycles. The Morgan fingerprint density at radius 1 is 1.12 bits per heavy atom. The molecule has 172 valence electrons. The van der Waals surface area contributed by atoms with Crippen molar-refractivity contribution < 1.29 is 9.84 Å². The Balaban J connectivity index is 1.67. The average molecular weight is 442 g/mol. The summed E-state index contributed by atoms with van der Waals surface area (Å²) in [5, 5.41) is 10.8. The molecule has 3 heterocycles. The quantitative estimate of drug-likeness (QED) is 0.596. The summed E-state index contributed by atoms with van der Waals surface area (Å²) in [6.07, 6.45) is 3.29. The standard InChI is InChI=1S/C23H31N5O4/c1-4-16-9-8-10-18(13-16)32-15-17(29)14-28-19-20(25(2)23(31)26(3)21(19)30)24-22(28)27-11-6-5-7-12-27/h8-10,13,17,29H,4-7,11-12,14-15H2,1-3H3. The number of aryl methyl sites for hydroxylation is 2. The molecule has 32 heavy (non-hydrogen) atoms. The zero-order valence-corrected chi connectivity index (χ0v) is 19.0. The van der Waals surface area contributed by atoms with E-state index in [0.717, 1.165) is 48.9 Å². The van der Waals surface area contributed by atoms with Crippen molar-refractivity contribution in [1.29, 1.82) is 0 Å². The van der Waals surface area contributed by atoms with Crippen LogP contribution in [0.1, 0.15) is 31.7 Å². The number of imidazole rings is 1. The van der Waals surface area contributed by atoms with E-state index in [1.807, 2.05) is 24.3 Å². The van der Waals surface area contributed by atoms with Crippen LogP contribution in [0.25, 0.3) is 11.2 Å². The van der Waals surface area contributed by atoms with Gasteiger partial charge in [0, 0.05) is 27.2 Å². The van der Waals surface area contributed by atoms with E-state index in [0.29, 0.717) is 22.9 Å². The summed E-state index contributed by atoms with van der Waals surface area (Å²) in [5.41, 5.74) is 0.985. The molecule has 0 spiro atoms. The van der Waals surface area contributed by atoms with E-state index >= 15 is 0 Å². The van der Waals surface area contributed by atoms with E-state index in [2.05, 4.69) is 16.8 Å². The molecule has 9 heteroatoms. The van der Waals surface area contributed by atoms with Gasteiger partial charge in [-0.1, -0.05) is 19.1 Å². The summed E-state index contributed by atoms with van der Waals surface area (Å²) in [6, 6.07) is 7.79. The Morgan fingerprint density at radius 2 is 1.88 bits per heavy atom. The summed E-state index contributed by atoms with van der Waals surface area (Å²) in [5.74, 6) is 1.32. The third-order valence-corrected chi connectivity index (χ3v) is 6.11. The number of rotatable bonds is 7. The van der Waals surface area contributed by atoms with Gasteiger partial charge in [-0.25, -0.2) is 4.79 Å². The second-order valence-corrected chi connectivity index (χ2v) is 8.41. The Hall–Kier alpha value is -3.07. The second kappa shape index (κ2) is 9.20. The summed E-state index contributed by atoms with van der Waals surface area (Å²) in [7, 11) is 3.07. The van der Waals surface area contributed by atoms with Gasteiger partial charge in [0.1, 0.15) is 18.5 Å². The third kappa shape index (κ3) is 4.17. The first-order chi connectivity index (χ1) is 15.4. The lowest BCUT2D eigenvalue weighted by molar-refractivity contribution is 0.0935. The molecule has 1 aliphatic rings. The van der Waals surface area contributed by atoms with Gasteiger partial charge in [0.15, 0.2) is 11.2 Å². The maximum atomic E-state index is 13.0. The minimum absolute atomic E-state index is 0.0817. The predicted octanol–water partition coefficient (Wildman–Crippen LogP) is 1.43. The van der Waals surface area contributed by atoms with Crippen LogP contribution in [0.4, 0.5) is 5.95 Å². The van der Waals surface area contributed by atoms with Crippen molar-refractivity contribution in [1.82, 2.24) is 18.7 Å². The fourth-order valence-corrected chi connectivity index (χ4v) is 4.25. The Kier molecular flexibility index (Phi) is 6.36. The van der Waals surface area contributed by atoms with E-state index in [-0.39, 0.29) is 13.2 Å². The molecule has 1 N–H and O–H groups in total. The lowest BCUT2D eigenvalue weighted by atomic mass is 10.1. The van der Waals surface area contributed by atoms with Gasteiger partial charge < -0.3 is 19.3 Å². The lowest BCUT2D eigenvalue weighted by Crippen LogP contribution is -2.38. The Labute approximate surface area is 186 Å². The minimum atomic E-state index is -0.858. The molecule has 1 atom stereocenters. The van der Waals surface area contributed by atoms with Crippen LogP contribution in [-0.4, -0.2) is 49.6 Å². The van der Waals surface area contributed by atoms with Gasteiger partial charge in [-0.05, 0) is 43.4 Å². The number of hydrogen-bond donors (Lipinski definition) is 1. The van der Waals surface area contributed by atoms with E-state index in [9.17, 15) is 14.7 Å². The number of ether oxygens (including phenoxy) is 1.